The first-order valence-corrected chi connectivity index (χ1v) is 7.14. The molecule has 21 heavy (non-hydrogen) atoms. The first-order valence-electron chi connectivity index (χ1n) is 7.14. The molecule has 2 amide bonds. The highest BCUT2D eigenvalue weighted by molar-refractivity contribution is 5.89. The van der Waals surface area contributed by atoms with Crippen LogP contribution in [0, 0.1) is 5.82 Å². The number of benzene rings is 1. The molecular weight excluding hydrogens is 275 g/mol. The third-order valence-electron chi connectivity index (χ3n) is 3.51. The van der Waals surface area contributed by atoms with Crippen LogP contribution in [-0.4, -0.2) is 43.8 Å². The molecule has 1 aromatic rings. The van der Waals surface area contributed by atoms with Crippen molar-refractivity contribution in [3.8, 4) is 5.75 Å². The maximum atomic E-state index is 13.4. The molecule has 5 nitrogen and oxygen atoms in total. The van der Waals surface area contributed by atoms with Crippen molar-refractivity contribution in [1.29, 1.82) is 0 Å². The molecule has 0 radical (unpaired) electrons. The molecule has 2 rings (SSSR count). The minimum absolute atomic E-state index is 0.0890. The summed E-state index contributed by atoms with van der Waals surface area (Å²) in [6.07, 6.45) is 1.89. The smallest absolute Gasteiger partial charge is 0.322 e. The highest BCUT2D eigenvalue weighted by Gasteiger charge is 2.26. The first-order chi connectivity index (χ1) is 10.2. The molecular formula is C15H21FN2O3. The van der Waals surface area contributed by atoms with E-state index in [-0.39, 0.29) is 17.8 Å². The summed E-state index contributed by atoms with van der Waals surface area (Å²) in [5.41, 5.74) is 0.514. The SMILES string of the molecule is CCC[C@@H]1COCCN1C(=O)Nc1ccc(F)c(OC)c1. The van der Waals surface area contributed by atoms with E-state index in [0.717, 1.165) is 12.8 Å². The van der Waals surface area contributed by atoms with E-state index < -0.39 is 5.82 Å². The van der Waals surface area contributed by atoms with Gasteiger partial charge in [-0.05, 0) is 18.6 Å². The fourth-order valence-electron chi connectivity index (χ4n) is 2.43. The van der Waals surface area contributed by atoms with Gasteiger partial charge in [-0.15, -0.1) is 0 Å². The molecule has 1 heterocycles. The number of carbonyl (C=O) groups is 1. The number of ether oxygens (including phenoxy) is 2. The molecule has 0 bridgehead atoms. The predicted molar refractivity (Wildman–Crippen MR) is 78.2 cm³/mol. The standard InChI is InChI=1S/C15H21FN2O3/c1-3-4-12-10-21-8-7-18(12)15(19)17-11-5-6-13(16)14(9-11)20-2/h5-6,9,12H,3-4,7-8,10H2,1-2H3,(H,17,19)/t12-/m1/s1. The number of urea groups is 1. The number of halogens is 1. The molecule has 6 heteroatoms. The van der Waals surface area contributed by atoms with Crippen LogP contribution in [-0.2, 0) is 4.74 Å². The number of rotatable bonds is 4. The summed E-state index contributed by atoms with van der Waals surface area (Å²) in [4.78, 5) is 14.1. The van der Waals surface area contributed by atoms with Crippen LogP contribution in [0.15, 0.2) is 18.2 Å². The normalized spacial score (nSPS) is 18.4. The van der Waals surface area contributed by atoms with E-state index in [1.807, 2.05) is 0 Å². The molecule has 1 saturated heterocycles. The van der Waals surface area contributed by atoms with Gasteiger partial charge in [0.15, 0.2) is 11.6 Å². The summed E-state index contributed by atoms with van der Waals surface area (Å²) >= 11 is 0. The monoisotopic (exact) mass is 296 g/mol. The van der Waals surface area contributed by atoms with Crippen molar-refractivity contribution >= 4 is 11.7 Å². The Balaban J connectivity index is 2.05. The molecule has 1 N–H and O–H groups in total. The average molecular weight is 296 g/mol. The van der Waals surface area contributed by atoms with Crippen LogP contribution in [0.3, 0.4) is 0 Å². The van der Waals surface area contributed by atoms with Crippen molar-refractivity contribution < 1.29 is 18.7 Å². The van der Waals surface area contributed by atoms with Crippen LogP contribution >= 0.6 is 0 Å². The number of hydrogen-bond donors (Lipinski definition) is 1. The molecule has 1 aromatic carbocycles. The fraction of sp³-hybridized carbons (Fsp3) is 0.533. The molecule has 0 saturated carbocycles. The van der Waals surface area contributed by atoms with E-state index in [1.165, 1.54) is 25.3 Å². The summed E-state index contributed by atoms with van der Waals surface area (Å²) in [6.45, 7) is 3.75. The van der Waals surface area contributed by atoms with Gasteiger partial charge in [0.1, 0.15) is 0 Å². The Kier molecular flexibility index (Phi) is 5.38. The molecule has 1 fully saturated rings. The van der Waals surface area contributed by atoms with Crippen LogP contribution in [0.4, 0.5) is 14.9 Å². The quantitative estimate of drug-likeness (QED) is 0.929. The Morgan fingerprint density at radius 1 is 1.57 bits per heavy atom. The molecule has 1 aliphatic rings. The summed E-state index contributed by atoms with van der Waals surface area (Å²) in [5.74, 6) is -0.342. The van der Waals surface area contributed by atoms with Gasteiger partial charge in [-0.3, -0.25) is 0 Å². The van der Waals surface area contributed by atoms with Crippen LogP contribution in [0.5, 0.6) is 5.75 Å². The summed E-state index contributed by atoms with van der Waals surface area (Å²) in [6, 6.07) is 4.17. The lowest BCUT2D eigenvalue weighted by atomic mass is 10.1. The van der Waals surface area contributed by atoms with Crippen LogP contribution in [0.1, 0.15) is 19.8 Å². The van der Waals surface area contributed by atoms with E-state index in [0.29, 0.717) is 25.4 Å². The minimum Gasteiger partial charge on any atom is -0.494 e. The van der Waals surface area contributed by atoms with Crippen molar-refractivity contribution in [3.05, 3.63) is 24.0 Å². The number of nitrogens with zero attached hydrogens (tertiary/aromatic N) is 1. The van der Waals surface area contributed by atoms with Crippen molar-refractivity contribution in [2.24, 2.45) is 0 Å². The van der Waals surface area contributed by atoms with Gasteiger partial charge < -0.3 is 19.7 Å². The summed E-state index contributed by atoms with van der Waals surface area (Å²) < 4.78 is 23.7. The Labute approximate surface area is 124 Å². The van der Waals surface area contributed by atoms with E-state index in [9.17, 15) is 9.18 Å². The van der Waals surface area contributed by atoms with Crippen molar-refractivity contribution in [2.45, 2.75) is 25.8 Å². The fourth-order valence-corrected chi connectivity index (χ4v) is 2.43. The van der Waals surface area contributed by atoms with Crippen LogP contribution in [0.25, 0.3) is 0 Å². The Morgan fingerprint density at radius 3 is 3.10 bits per heavy atom. The predicted octanol–water partition coefficient (Wildman–Crippen LogP) is 2.87. The zero-order valence-electron chi connectivity index (χ0n) is 12.4. The number of amides is 2. The number of nitrogens with one attached hydrogen (secondary N) is 1. The largest absolute Gasteiger partial charge is 0.494 e. The second kappa shape index (κ2) is 7.26. The lowest BCUT2D eigenvalue weighted by Crippen LogP contribution is -2.50. The zero-order valence-corrected chi connectivity index (χ0v) is 12.4. The van der Waals surface area contributed by atoms with Gasteiger partial charge in [0.05, 0.1) is 26.4 Å². The van der Waals surface area contributed by atoms with Gasteiger partial charge in [-0.25, -0.2) is 9.18 Å². The number of anilines is 1. The second-order valence-electron chi connectivity index (χ2n) is 4.99. The van der Waals surface area contributed by atoms with Crippen LogP contribution < -0.4 is 10.1 Å². The van der Waals surface area contributed by atoms with Gasteiger partial charge in [0.25, 0.3) is 0 Å². The van der Waals surface area contributed by atoms with Crippen molar-refractivity contribution in [2.75, 3.05) is 32.2 Å². The number of morpholine rings is 1. The van der Waals surface area contributed by atoms with Gasteiger partial charge in [-0.2, -0.15) is 0 Å². The number of methoxy groups -OCH3 is 1. The van der Waals surface area contributed by atoms with Crippen molar-refractivity contribution in [1.82, 2.24) is 4.90 Å². The number of carbonyl (C=O) groups excluding carboxylic acids is 1. The topological polar surface area (TPSA) is 50.8 Å². The van der Waals surface area contributed by atoms with Gasteiger partial charge >= 0.3 is 6.03 Å². The maximum Gasteiger partial charge on any atom is 0.322 e. The number of hydrogen-bond acceptors (Lipinski definition) is 3. The Bertz CT molecular complexity index is 494. The van der Waals surface area contributed by atoms with E-state index in [4.69, 9.17) is 9.47 Å². The third-order valence-corrected chi connectivity index (χ3v) is 3.51. The van der Waals surface area contributed by atoms with Gasteiger partial charge in [-0.1, -0.05) is 13.3 Å². The van der Waals surface area contributed by atoms with Crippen LogP contribution in [0.2, 0.25) is 0 Å². The van der Waals surface area contributed by atoms with Gasteiger partial charge in [0, 0.05) is 18.3 Å². The molecule has 1 aliphatic heterocycles. The molecule has 0 unspecified atom stereocenters. The molecule has 0 aromatic heterocycles. The van der Waals surface area contributed by atoms with E-state index >= 15 is 0 Å². The lowest BCUT2D eigenvalue weighted by Gasteiger charge is -2.35. The summed E-state index contributed by atoms with van der Waals surface area (Å²) in [5, 5.41) is 2.79. The van der Waals surface area contributed by atoms with E-state index in [1.54, 1.807) is 4.90 Å². The maximum absolute atomic E-state index is 13.4. The average Bonchev–Trinajstić information content (AvgIpc) is 2.50. The Morgan fingerprint density at radius 2 is 2.38 bits per heavy atom. The lowest BCUT2D eigenvalue weighted by molar-refractivity contribution is 0.0125. The minimum atomic E-state index is -0.453. The zero-order chi connectivity index (χ0) is 15.2. The molecule has 116 valence electrons. The molecule has 0 aliphatic carbocycles. The first kappa shape index (κ1) is 15.6. The second-order valence-corrected chi connectivity index (χ2v) is 4.99. The van der Waals surface area contributed by atoms with E-state index in [2.05, 4.69) is 12.2 Å². The molecule has 0 spiro atoms. The molecule has 1 atom stereocenters. The summed E-state index contributed by atoms with van der Waals surface area (Å²) in [7, 11) is 1.39. The third kappa shape index (κ3) is 3.85. The Hall–Kier alpha value is -1.82. The van der Waals surface area contributed by atoms with Gasteiger partial charge in [0.2, 0.25) is 0 Å². The highest BCUT2D eigenvalue weighted by Crippen LogP contribution is 2.22. The van der Waals surface area contributed by atoms with Crippen molar-refractivity contribution in [3.63, 3.8) is 0 Å². The highest BCUT2D eigenvalue weighted by atomic mass is 19.1.